The van der Waals surface area contributed by atoms with Crippen molar-refractivity contribution in [3.8, 4) is 0 Å². The van der Waals surface area contributed by atoms with Crippen LogP contribution in [-0.4, -0.2) is 43.0 Å². The van der Waals surface area contributed by atoms with Crippen LogP contribution in [0.3, 0.4) is 0 Å². The maximum Gasteiger partial charge on any atom is 0.220 e. The van der Waals surface area contributed by atoms with Crippen molar-refractivity contribution in [2.24, 2.45) is 5.92 Å². The lowest BCUT2D eigenvalue weighted by Crippen LogP contribution is -2.47. The number of carbonyl (C=O) groups is 1. The van der Waals surface area contributed by atoms with Crippen LogP contribution in [0.2, 0.25) is 0 Å². The molecule has 2 N–H and O–H groups in total. The zero-order valence-corrected chi connectivity index (χ0v) is 17.0. The first-order valence-electron chi connectivity index (χ1n) is 9.27. The Bertz CT molecular complexity index is 580. The Hall–Kier alpha value is -0.950. The highest BCUT2D eigenvalue weighted by Crippen LogP contribution is 2.19. The molecule has 2 aliphatic heterocycles. The Balaban J connectivity index is 0.00000182. The van der Waals surface area contributed by atoms with E-state index in [1.807, 2.05) is 4.90 Å². The number of amides is 1. The molecule has 154 valence electrons. The topological polar surface area (TPSA) is 44.4 Å². The third-order valence-corrected chi connectivity index (χ3v) is 5.26. The predicted molar refractivity (Wildman–Crippen MR) is 108 cm³/mol. The molecule has 2 aliphatic rings. The van der Waals surface area contributed by atoms with Crippen molar-refractivity contribution in [2.75, 3.05) is 26.2 Å². The molecule has 2 heterocycles. The monoisotopic (exact) mass is 423 g/mol. The molecule has 2 atom stereocenters. The zero-order chi connectivity index (χ0) is 17.6. The van der Waals surface area contributed by atoms with Crippen molar-refractivity contribution in [3.05, 3.63) is 35.4 Å². The van der Waals surface area contributed by atoms with E-state index in [0.717, 1.165) is 45.3 Å². The molecule has 0 saturated carbocycles. The van der Waals surface area contributed by atoms with Crippen molar-refractivity contribution in [2.45, 2.75) is 44.7 Å². The quantitative estimate of drug-likeness (QED) is 0.737. The van der Waals surface area contributed by atoms with Crippen LogP contribution in [0.1, 0.15) is 37.7 Å². The fourth-order valence-corrected chi connectivity index (χ4v) is 3.82. The lowest BCUT2D eigenvalue weighted by Gasteiger charge is -2.33. The van der Waals surface area contributed by atoms with E-state index in [-0.39, 0.29) is 48.9 Å². The third-order valence-electron chi connectivity index (χ3n) is 5.26. The van der Waals surface area contributed by atoms with Gasteiger partial charge in [-0.2, -0.15) is 0 Å². The van der Waals surface area contributed by atoms with Gasteiger partial charge in [-0.25, -0.2) is 8.78 Å². The molecule has 2 saturated heterocycles. The molecule has 1 aromatic carbocycles. The van der Waals surface area contributed by atoms with Crippen LogP contribution in [0.4, 0.5) is 8.78 Å². The summed E-state index contributed by atoms with van der Waals surface area (Å²) in [6.45, 7) is 3.76. The van der Waals surface area contributed by atoms with E-state index < -0.39 is 11.6 Å². The van der Waals surface area contributed by atoms with Crippen molar-refractivity contribution >= 4 is 30.7 Å². The standard InChI is InChI=1S/C19H27F2N3O.2ClH/c20-17-4-1-5-18(21)16(17)13-24-10-2-3-15(12-24)23-19(25)7-6-14-8-9-22-11-14;;/h1,4-5,14-15,22H,2-3,6-13H2,(H,23,25);2*1H. The SMILES string of the molecule is Cl.Cl.O=C(CCC1CCNC1)NC1CCCN(Cc2c(F)cccc2F)C1. The summed E-state index contributed by atoms with van der Waals surface area (Å²) in [5.74, 6) is -0.305. The average Bonchev–Trinajstić information content (AvgIpc) is 3.10. The zero-order valence-electron chi connectivity index (χ0n) is 15.4. The molecule has 1 aromatic rings. The Kier molecular flexibility index (Phi) is 10.5. The van der Waals surface area contributed by atoms with Gasteiger partial charge in [-0.1, -0.05) is 6.07 Å². The number of hydrogen-bond acceptors (Lipinski definition) is 3. The molecule has 0 spiro atoms. The van der Waals surface area contributed by atoms with E-state index >= 15 is 0 Å². The first-order chi connectivity index (χ1) is 12.1. The molecule has 27 heavy (non-hydrogen) atoms. The maximum atomic E-state index is 13.8. The van der Waals surface area contributed by atoms with Crippen molar-refractivity contribution in [1.82, 2.24) is 15.5 Å². The van der Waals surface area contributed by atoms with Crippen LogP contribution in [0.15, 0.2) is 18.2 Å². The fraction of sp³-hybridized carbons (Fsp3) is 0.632. The summed E-state index contributed by atoms with van der Waals surface area (Å²) in [4.78, 5) is 14.2. The summed E-state index contributed by atoms with van der Waals surface area (Å²) in [6, 6.07) is 4.03. The lowest BCUT2D eigenvalue weighted by atomic mass is 10.0. The van der Waals surface area contributed by atoms with Crippen LogP contribution < -0.4 is 10.6 Å². The largest absolute Gasteiger partial charge is 0.352 e. The van der Waals surface area contributed by atoms with Gasteiger partial charge in [0.15, 0.2) is 0 Å². The van der Waals surface area contributed by atoms with Gasteiger partial charge in [0.05, 0.1) is 0 Å². The van der Waals surface area contributed by atoms with E-state index in [9.17, 15) is 13.6 Å². The first-order valence-corrected chi connectivity index (χ1v) is 9.27. The minimum Gasteiger partial charge on any atom is -0.352 e. The van der Waals surface area contributed by atoms with Crippen LogP contribution in [0.5, 0.6) is 0 Å². The molecule has 0 radical (unpaired) electrons. The Morgan fingerprint density at radius 1 is 1.22 bits per heavy atom. The smallest absolute Gasteiger partial charge is 0.220 e. The van der Waals surface area contributed by atoms with E-state index in [4.69, 9.17) is 0 Å². The van der Waals surface area contributed by atoms with Crippen molar-refractivity contribution in [3.63, 3.8) is 0 Å². The molecule has 2 unspecified atom stereocenters. The van der Waals surface area contributed by atoms with Crippen LogP contribution in [0, 0.1) is 17.6 Å². The van der Waals surface area contributed by atoms with Gasteiger partial charge in [0, 0.05) is 31.1 Å². The number of nitrogens with one attached hydrogen (secondary N) is 2. The number of carbonyl (C=O) groups excluding carboxylic acids is 1. The number of hydrogen-bond donors (Lipinski definition) is 2. The average molecular weight is 424 g/mol. The summed E-state index contributed by atoms with van der Waals surface area (Å²) in [5.41, 5.74) is 0.114. The highest BCUT2D eigenvalue weighted by atomic mass is 35.5. The van der Waals surface area contributed by atoms with Crippen molar-refractivity contribution < 1.29 is 13.6 Å². The second kappa shape index (κ2) is 11.8. The second-order valence-electron chi connectivity index (χ2n) is 7.24. The molecule has 8 heteroatoms. The van der Waals surface area contributed by atoms with Crippen molar-refractivity contribution in [1.29, 1.82) is 0 Å². The van der Waals surface area contributed by atoms with Crippen LogP contribution in [0.25, 0.3) is 0 Å². The number of likely N-dealkylation sites (tertiary alicyclic amines) is 1. The number of rotatable bonds is 6. The van der Waals surface area contributed by atoms with E-state index in [1.54, 1.807) is 0 Å². The summed E-state index contributed by atoms with van der Waals surface area (Å²) < 4.78 is 27.6. The van der Waals surface area contributed by atoms with E-state index in [1.165, 1.54) is 18.2 Å². The Labute approximate surface area is 172 Å². The lowest BCUT2D eigenvalue weighted by molar-refractivity contribution is -0.122. The number of halogens is 4. The normalized spacial score (nSPS) is 22.6. The molecule has 4 nitrogen and oxygen atoms in total. The molecular weight excluding hydrogens is 395 g/mol. The number of nitrogens with zero attached hydrogens (tertiary/aromatic N) is 1. The van der Waals surface area contributed by atoms with Crippen LogP contribution in [-0.2, 0) is 11.3 Å². The number of piperidine rings is 1. The molecule has 0 aromatic heterocycles. The summed E-state index contributed by atoms with van der Waals surface area (Å²) in [5, 5.41) is 6.42. The second-order valence-corrected chi connectivity index (χ2v) is 7.24. The van der Waals surface area contributed by atoms with Gasteiger partial charge < -0.3 is 10.6 Å². The highest BCUT2D eigenvalue weighted by Gasteiger charge is 2.24. The van der Waals surface area contributed by atoms with Gasteiger partial charge in [-0.15, -0.1) is 24.8 Å². The minimum atomic E-state index is -0.503. The van der Waals surface area contributed by atoms with Gasteiger partial charge >= 0.3 is 0 Å². The molecule has 0 aliphatic carbocycles. The summed E-state index contributed by atoms with van der Waals surface area (Å²) in [6.07, 6.45) is 4.49. The molecular formula is C19H29Cl2F2N3O. The molecule has 2 fully saturated rings. The highest BCUT2D eigenvalue weighted by molar-refractivity contribution is 5.85. The Morgan fingerprint density at radius 2 is 1.96 bits per heavy atom. The first kappa shape index (κ1) is 24.1. The van der Waals surface area contributed by atoms with E-state index in [0.29, 0.717) is 18.9 Å². The molecule has 3 rings (SSSR count). The minimum absolute atomic E-state index is 0. The van der Waals surface area contributed by atoms with Gasteiger partial charge in [0.25, 0.3) is 0 Å². The van der Waals surface area contributed by atoms with Gasteiger partial charge in [0.1, 0.15) is 11.6 Å². The summed E-state index contributed by atoms with van der Waals surface area (Å²) in [7, 11) is 0. The molecule has 1 amide bonds. The third kappa shape index (κ3) is 7.18. The fourth-order valence-electron chi connectivity index (χ4n) is 3.82. The van der Waals surface area contributed by atoms with Crippen LogP contribution >= 0.6 is 24.8 Å². The van der Waals surface area contributed by atoms with E-state index in [2.05, 4.69) is 10.6 Å². The predicted octanol–water partition coefficient (Wildman–Crippen LogP) is 3.28. The maximum absolute atomic E-state index is 13.8. The Morgan fingerprint density at radius 3 is 2.63 bits per heavy atom. The summed E-state index contributed by atoms with van der Waals surface area (Å²) >= 11 is 0. The van der Waals surface area contributed by atoms with Gasteiger partial charge in [0.2, 0.25) is 5.91 Å². The number of benzene rings is 1. The molecule has 0 bridgehead atoms. The van der Waals surface area contributed by atoms with Gasteiger partial charge in [-0.3, -0.25) is 9.69 Å². The van der Waals surface area contributed by atoms with Gasteiger partial charge in [-0.05, 0) is 63.4 Å².